The van der Waals surface area contributed by atoms with E-state index in [1.807, 2.05) is 10.8 Å². The molecule has 0 N–H and O–H groups in total. The van der Waals surface area contributed by atoms with Gasteiger partial charge in [-0.15, -0.1) is 0 Å². The quantitative estimate of drug-likeness (QED) is 0.582. The molecule has 0 aliphatic carbocycles. The van der Waals surface area contributed by atoms with E-state index in [4.69, 9.17) is 0 Å². The zero-order valence-electron chi connectivity index (χ0n) is 5.14. The molecule has 0 spiro atoms. The van der Waals surface area contributed by atoms with Gasteiger partial charge in [-0.1, -0.05) is 5.16 Å². The summed E-state index contributed by atoms with van der Waals surface area (Å²) in [5, 5.41) is 3.55. The Kier molecular flexibility index (Phi) is 1.04. The van der Waals surface area contributed by atoms with Crippen molar-refractivity contribution in [2.24, 2.45) is 0 Å². The summed E-state index contributed by atoms with van der Waals surface area (Å²) in [4.78, 5) is 3.87. The normalized spacial score (nSPS) is 10.0. The summed E-state index contributed by atoms with van der Waals surface area (Å²) < 4.78 is 6.46. The Balaban J connectivity index is 2.48. The molecule has 2 aromatic rings. The molecule has 10 heavy (non-hydrogen) atoms. The molecule has 4 heteroatoms. The van der Waals surface area contributed by atoms with Crippen LogP contribution in [0, 0.1) is 0 Å². The fourth-order valence-corrected chi connectivity index (χ4v) is 0.739. The Morgan fingerprint density at radius 3 is 3.10 bits per heavy atom. The molecule has 50 valence electrons. The SMILES string of the molecule is c1cn(-c2cnoc2)cn1. The third-order valence-electron chi connectivity index (χ3n) is 1.22. The third kappa shape index (κ3) is 0.699. The van der Waals surface area contributed by atoms with Gasteiger partial charge in [-0.05, 0) is 0 Å². The van der Waals surface area contributed by atoms with Gasteiger partial charge in [-0.25, -0.2) is 4.98 Å². The minimum Gasteiger partial charge on any atom is -0.362 e. The van der Waals surface area contributed by atoms with Gasteiger partial charge < -0.3 is 9.09 Å². The monoisotopic (exact) mass is 135 g/mol. The molecule has 0 saturated carbocycles. The van der Waals surface area contributed by atoms with Gasteiger partial charge in [0.05, 0.1) is 12.5 Å². The molecule has 0 saturated heterocycles. The molecular formula is C6H5N3O. The summed E-state index contributed by atoms with van der Waals surface area (Å²) in [5.74, 6) is 0. The van der Waals surface area contributed by atoms with Crippen LogP contribution in [-0.4, -0.2) is 14.7 Å². The van der Waals surface area contributed by atoms with Crippen LogP contribution in [0.2, 0.25) is 0 Å². The van der Waals surface area contributed by atoms with Gasteiger partial charge in [0.1, 0.15) is 12.0 Å². The van der Waals surface area contributed by atoms with Gasteiger partial charge >= 0.3 is 0 Å². The lowest BCUT2D eigenvalue weighted by Gasteiger charge is -1.89. The molecule has 0 fully saturated rings. The highest BCUT2D eigenvalue weighted by Crippen LogP contribution is 2.02. The van der Waals surface area contributed by atoms with Crippen LogP contribution >= 0.6 is 0 Å². The van der Waals surface area contributed by atoms with Crippen molar-refractivity contribution in [2.75, 3.05) is 0 Å². The zero-order valence-corrected chi connectivity index (χ0v) is 5.14. The van der Waals surface area contributed by atoms with E-state index < -0.39 is 0 Å². The first-order valence-electron chi connectivity index (χ1n) is 2.84. The minimum atomic E-state index is 0.887. The first kappa shape index (κ1) is 5.22. The average molecular weight is 135 g/mol. The highest BCUT2D eigenvalue weighted by atomic mass is 16.5. The minimum absolute atomic E-state index is 0.887. The Hall–Kier alpha value is -1.58. The van der Waals surface area contributed by atoms with Gasteiger partial charge in [0, 0.05) is 12.4 Å². The Labute approximate surface area is 57.1 Å². The average Bonchev–Trinajstić information content (AvgIpc) is 2.59. The molecule has 2 aromatic heterocycles. The van der Waals surface area contributed by atoms with Crippen LogP contribution in [-0.2, 0) is 0 Å². The van der Waals surface area contributed by atoms with E-state index in [1.165, 1.54) is 0 Å². The van der Waals surface area contributed by atoms with Crippen molar-refractivity contribution in [3.05, 3.63) is 31.2 Å². The van der Waals surface area contributed by atoms with Crippen LogP contribution < -0.4 is 0 Å². The molecule has 0 amide bonds. The van der Waals surface area contributed by atoms with Crippen LogP contribution in [0.4, 0.5) is 0 Å². The molecule has 0 aliphatic rings. The second kappa shape index (κ2) is 1.98. The standard InChI is InChI=1S/C6H5N3O/c1-2-9(5-7-1)6-3-8-10-4-6/h1-5H. The van der Waals surface area contributed by atoms with Gasteiger partial charge in [0.2, 0.25) is 0 Å². The van der Waals surface area contributed by atoms with Gasteiger partial charge in [0.15, 0.2) is 0 Å². The van der Waals surface area contributed by atoms with Gasteiger partial charge in [0.25, 0.3) is 0 Å². The highest BCUT2D eigenvalue weighted by molar-refractivity contribution is 5.22. The molecule has 0 aromatic carbocycles. The van der Waals surface area contributed by atoms with Crippen LogP contribution in [0.1, 0.15) is 0 Å². The second-order valence-electron chi connectivity index (χ2n) is 1.85. The van der Waals surface area contributed by atoms with Crippen molar-refractivity contribution in [1.82, 2.24) is 14.7 Å². The Morgan fingerprint density at radius 2 is 2.50 bits per heavy atom. The molecule has 4 nitrogen and oxygen atoms in total. The summed E-state index contributed by atoms with van der Waals surface area (Å²) in [6.45, 7) is 0. The number of aromatic nitrogens is 3. The number of imidazole rings is 1. The molecule has 0 aliphatic heterocycles. The largest absolute Gasteiger partial charge is 0.362 e. The van der Waals surface area contributed by atoms with Crippen molar-refractivity contribution in [3.63, 3.8) is 0 Å². The first-order chi connectivity index (χ1) is 4.97. The molecule has 0 atom stereocenters. The van der Waals surface area contributed by atoms with Crippen molar-refractivity contribution < 1.29 is 4.52 Å². The van der Waals surface area contributed by atoms with Crippen molar-refractivity contribution in [2.45, 2.75) is 0 Å². The smallest absolute Gasteiger partial charge is 0.147 e. The van der Waals surface area contributed by atoms with E-state index in [0.717, 1.165) is 5.69 Å². The van der Waals surface area contributed by atoms with E-state index in [1.54, 1.807) is 25.0 Å². The molecule has 0 radical (unpaired) electrons. The topological polar surface area (TPSA) is 43.9 Å². The van der Waals surface area contributed by atoms with Crippen LogP contribution in [0.5, 0.6) is 0 Å². The third-order valence-corrected chi connectivity index (χ3v) is 1.22. The maximum Gasteiger partial charge on any atom is 0.147 e. The van der Waals surface area contributed by atoms with E-state index in [9.17, 15) is 0 Å². The first-order valence-corrected chi connectivity index (χ1v) is 2.84. The number of hydrogen-bond acceptors (Lipinski definition) is 3. The fraction of sp³-hybridized carbons (Fsp3) is 0. The predicted molar refractivity (Wildman–Crippen MR) is 33.6 cm³/mol. The lowest BCUT2D eigenvalue weighted by atomic mass is 10.6. The molecule has 0 bridgehead atoms. The van der Waals surface area contributed by atoms with Crippen molar-refractivity contribution in [3.8, 4) is 5.69 Å². The summed E-state index contributed by atoms with van der Waals surface area (Å²) in [5.41, 5.74) is 0.887. The summed E-state index contributed by atoms with van der Waals surface area (Å²) >= 11 is 0. The maximum atomic E-state index is 4.64. The predicted octanol–water partition coefficient (Wildman–Crippen LogP) is 0.860. The van der Waals surface area contributed by atoms with E-state index in [-0.39, 0.29) is 0 Å². The van der Waals surface area contributed by atoms with Crippen LogP contribution in [0.3, 0.4) is 0 Å². The van der Waals surface area contributed by atoms with Gasteiger partial charge in [-0.3, -0.25) is 0 Å². The zero-order chi connectivity index (χ0) is 6.81. The molecular weight excluding hydrogens is 130 g/mol. The molecule has 2 rings (SSSR count). The summed E-state index contributed by atoms with van der Waals surface area (Å²) in [7, 11) is 0. The van der Waals surface area contributed by atoms with E-state index in [0.29, 0.717) is 0 Å². The van der Waals surface area contributed by atoms with E-state index in [2.05, 4.69) is 14.7 Å². The summed E-state index contributed by atoms with van der Waals surface area (Å²) in [6.07, 6.45) is 8.40. The maximum absolute atomic E-state index is 4.64. The van der Waals surface area contributed by atoms with Crippen LogP contribution in [0.25, 0.3) is 5.69 Å². The Morgan fingerprint density at radius 1 is 1.50 bits per heavy atom. The number of nitrogens with zero attached hydrogens (tertiary/aromatic N) is 3. The molecule has 0 unspecified atom stereocenters. The van der Waals surface area contributed by atoms with E-state index >= 15 is 0 Å². The summed E-state index contributed by atoms with van der Waals surface area (Å²) in [6, 6.07) is 0. The van der Waals surface area contributed by atoms with Crippen molar-refractivity contribution >= 4 is 0 Å². The lowest BCUT2D eigenvalue weighted by Crippen LogP contribution is -1.84. The van der Waals surface area contributed by atoms with Crippen molar-refractivity contribution in [1.29, 1.82) is 0 Å². The lowest BCUT2D eigenvalue weighted by molar-refractivity contribution is 0.419. The molecule has 2 heterocycles. The van der Waals surface area contributed by atoms with Crippen LogP contribution in [0.15, 0.2) is 35.7 Å². The fourth-order valence-electron chi connectivity index (χ4n) is 0.739. The second-order valence-corrected chi connectivity index (χ2v) is 1.85. The highest BCUT2D eigenvalue weighted by Gasteiger charge is 1.94. The number of hydrogen-bond donors (Lipinski definition) is 0. The number of rotatable bonds is 1. The van der Waals surface area contributed by atoms with Gasteiger partial charge in [-0.2, -0.15) is 0 Å². The Bertz CT molecular complexity index is 252.